The van der Waals surface area contributed by atoms with Crippen LogP contribution in [-0.2, 0) is 14.4 Å². The van der Waals surface area contributed by atoms with E-state index in [1.165, 1.54) is 6.92 Å². The molecule has 0 aromatic heterocycles. The van der Waals surface area contributed by atoms with E-state index in [4.69, 9.17) is 5.73 Å². The van der Waals surface area contributed by atoms with Gasteiger partial charge in [0.2, 0.25) is 11.8 Å². The maximum atomic E-state index is 12.6. The highest BCUT2D eigenvalue weighted by Gasteiger charge is 2.24. The van der Waals surface area contributed by atoms with Crippen LogP contribution in [0.3, 0.4) is 0 Å². The number of Topliss-reactive ketones (excluding diaryl/α,β-unsaturated/α-hetero) is 1. The van der Waals surface area contributed by atoms with E-state index in [1.54, 1.807) is 13.0 Å². The van der Waals surface area contributed by atoms with E-state index in [9.17, 15) is 14.4 Å². The summed E-state index contributed by atoms with van der Waals surface area (Å²) in [6, 6.07) is -0.432. The van der Waals surface area contributed by atoms with Crippen LogP contribution in [0.5, 0.6) is 0 Å². The largest absolute Gasteiger partial charge is 0.353 e. The van der Waals surface area contributed by atoms with Crippen molar-refractivity contribution in [2.45, 2.75) is 104 Å². The van der Waals surface area contributed by atoms with Crippen molar-refractivity contribution in [2.75, 3.05) is 0 Å². The molecule has 2 amide bonds. The molecule has 0 spiro atoms. The van der Waals surface area contributed by atoms with Gasteiger partial charge in [-0.2, -0.15) is 0 Å². The fourth-order valence-corrected chi connectivity index (χ4v) is 3.06. The van der Waals surface area contributed by atoms with Crippen LogP contribution in [0.1, 0.15) is 92.4 Å². The Hall–Kier alpha value is -1.69. The Bertz CT molecular complexity index is 517. The lowest BCUT2D eigenvalue weighted by Crippen LogP contribution is -2.46. The summed E-state index contributed by atoms with van der Waals surface area (Å²) >= 11 is 0. The monoisotopic (exact) mass is 395 g/mol. The van der Waals surface area contributed by atoms with E-state index in [0.29, 0.717) is 0 Å². The Morgan fingerprint density at radius 1 is 1.00 bits per heavy atom. The Balaban J connectivity index is 4.83. The van der Waals surface area contributed by atoms with Crippen LogP contribution >= 0.6 is 0 Å². The molecule has 6 heteroatoms. The van der Waals surface area contributed by atoms with Crippen molar-refractivity contribution in [3.8, 4) is 0 Å². The van der Waals surface area contributed by atoms with Crippen LogP contribution in [0.4, 0.5) is 0 Å². The molecule has 4 N–H and O–H groups in total. The molecule has 0 fully saturated rings. The van der Waals surface area contributed by atoms with E-state index < -0.39 is 0 Å². The van der Waals surface area contributed by atoms with E-state index in [1.807, 2.05) is 6.92 Å². The molecule has 28 heavy (non-hydrogen) atoms. The Labute approximate surface area is 171 Å². The van der Waals surface area contributed by atoms with Crippen LogP contribution in [0.2, 0.25) is 0 Å². The summed E-state index contributed by atoms with van der Waals surface area (Å²) in [5.74, 6) is -0.841. The molecule has 0 unspecified atom stereocenters. The summed E-state index contributed by atoms with van der Waals surface area (Å²) in [7, 11) is 0. The molecule has 3 atom stereocenters. The van der Waals surface area contributed by atoms with Crippen molar-refractivity contribution in [1.82, 2.24) is 10.6 Å². The topological polar surface area (TPSA) is 101 Å². The average Bonchev–Trinajstić information content (AvgIpc) is 2.65. The minimum absolute atomic E-state index is 0.101. The molecule has 0 aliphatic heterocycles. The Kier molecular flexibility index (Phi) is 14.3. The molecule has 0 bridgehead atoms. The minimum Gasteiger partial charge on any atom is -0.353 e. The first-order chi connectivity index (χ1) is 13.3. The number of hydrogen-bond donors (Lipinski definition) is 3. The Morgan fingerprint density at radius 2 is 1.57 bits per heavy atom. The van der Waals surface area contributed by atoms with Crippen molar-refractivity contribution in [1.29, 1.82) is 0 Å². The maximum absolute atomic E-state index is 12.6. The van der Waals surface area contributed by atoms with Gasteiger partial charge in [-0.1, -0.05) is 65.4 Å². The SMILES string of the molecule is CC=C(NC(=O)C[C@H](CCCCC)NC(=O)[C@H](C)[C@@H](N)CCCCC)C(C)=O. The number of ketones is 1. The number of carbonyl (C=O) groups is 3. The molecule has 0 aromatic rings. The molecule has 0 aliphatic rings. The van der Waals surface area contributed by atoms with Crippen molar-refractivity contribution in [3.05, 3.63) is 11.8 Å². The molecule has 0 rings (SSSR count). The average molecular weight is 396 g/mol. The number of allylic oxidation sites excluding steroid dienone is 2. The molecular formula is C22H41N3O3. The lowest BCUT2D eigenvalue weighted by Gasteiger charge is -2.24. The van der Waals surface area contributed by atoms with Gasteiger partial charge in [0, 0.05) is 25.4 Å². The van der Waals surface area contributed by atoms with E-state index >= 15 is 0 Å². The summed E-state index contributed by atoms with van der Waals surface area (Å²) in [6.07, 6.45) is 9.61. The summed E-state index contributed by atoms with van der Waals surface area (Å²) in [5, 5.41) is 5.66. The van der Waals surface area contributed by atoms with Gasteiger partial charge < -0.3 is 16.4 Å². The second kappa shape index (κ2) is 15.3. The number of unbranched alkanes of at least 4 members (excludes halogenated alkanes) is 4. The number of rotatable bonds is 15. The minimum atomic E-state index is -0.295. The van der Waals surface area contributed by atoms with Crippen molar-refractivity contribution >= 4 is 17.6 Å². The maximum Gasteiger partial charge on any atom is 0.226 e. The number of amides is 2. The van der Waals surface area contributed by atoms with Crippen LogP contribution in [0.15, 0.2) is 11.8 Å². The number of nitrogens with two attached hydrogens (primary N) is 1. The second-order valence-corrected chi connectivity index (χ2v) is 7.66. The van der Waals surface area contributed by atoms with Gasteiger partial charge in [0.15, 0.2) is 5.78 Å². The third-order valence-electron chi connectivity index (χ3n) is 5.07. The summed E-state index contributed by atoms with van der Waals surface area (Å²) in [6.45, 7) is 9.22. The quantitative estimate of drug-likeness (QED) is 0.291. The third-order valence-corrected chi connectivity index (χ3v) is 5.07. The fourth-order valence-electron chi connectivity index (χ4n) is 3.06. The molecule has 0 aromatic carbocycles. The van der Waals surface area contributed by atoms with Gasteiger partial charge in [-0.25, -0.2) is 0 Å². The first-order valence-corrected chi connectivity index (χ1v) is 10.8. The summed E-state index contributed by atoms with van der Waals surface area (Å²) < 4.78 is 0. The molecule has 0 saturated carbocycles. The first-order valence-electron chi connectivity index (χ1n) is 10.8. The van der Waals surface area contributed by atoms with Gasteiger partial charge in [0.05, 0.1) is 11.6 Å². The standard InChI is InChI=1S/C22H41N3O3/c1-6-9-11-13-18(15-21(27)25-20(8-3)17(5)26)24-22(28)16(4)19(23)14-12-10-7-2/h8,16,18-19H,6-7,9-15,23H2,1-5H3,(H,24,28)(H,25,27)/t16-,18+,19+/m1/s1. The zero-order valence-corrected chi connectivity index (χ0v) is 18.5. The van der Waals surface area contributed by atoms with Gasteiger partial charge in [-0.3, -0.25) is 14.4 Å². The number of carbonyl (C=O) groups excluding carboxylic acids is 3. The predicted molar refractivity (Wildman–Crippen MR) is 115 cm³/mol. The summed E-state index contributed by atoms with van der Waals surface area (Å²) in [4.78, 5) is 36.5. The molecular weight excluding hydrogens is 354 g/mol. The highest BCUT2D eigenvalue weighted by Crippen LogP contribution is 2.13. The van der Waals surface area contributed by atoms with E-state index in [0.717, 1.165) is 51.4 Å². The lowest BCUT2D eigenvalue weighted by atomic mass is 9.95. The number of hydrogen-bond acceptors (Lipinski definition) is 4. The van der Waals surface area contributed by atoms with Gasteiger partial charge in [0.25, 0.3) is 0 Å². The highest BCUT2D eigenvalue weighted by molar-refractivity contribution is 5.97. The van der Waals surface area contributed by atoms with E-state index in [2.05, 4.69) is 24.5 Å². The van der Waals surface area contributed by atoms with E-state index in [-0.39, 0.29) is 47.7 Å². The zero-order valence-electron chi connectivity index (χ0n) is 18.5. The molecule has 0 aliphatic carbocycles. The van der Waals surface area contributed by atoms with Crippen molar-refractivity contribution < 1.29 is 14.4 Å². The van der Waals surface area contributed by atoms with Gasteiger partial charge >= 0.3 is 0 Å². The van der Waals surface area contributed by atoms with Gasteiger partial charge in [-0.15, -0.1) is 0 Å². The van der Waals surface area contributed by atoms with Crippen LogP contribution < -0.4 is 16.4 Å². The number of nitrogens with one attached hydrogen (secondary N) is 2. The van der Waals surface area contributed by atoms with Crippen LogP contribution in [-0.4, -0.2) is 29.7 Å². The predicted octanol–water partition coefficient (Wildman–Crippen LogP) is 3.59. The van der Waals surface area contributed by atoms with Crippen molar-refractivity contribution in [3.63, 3.8) is 0 Å². The van der Waals surface area contributed by atoms with Gasteiger partial charge in [0.1, 0.15) is 0 Å². The molecule has 0 radical (unpaired) electrons. The molecule has 162 valence electrons. The molecule has 0 saturated heterocycles. The normalized spacial score (nSPS) is 14.9. The summed E-state index contributed by atoms with van der Waals surface area (Å²) in [5.41, 5.74) is 6.48. The highest BCUT2D eigenvalue weighted by atomic mass is 16.2. The van der Waals surface area contributed by atoms with Crippen LogP contribution in [0.25, 0.3) is 0 Å². The zero-order chi connectivity index (χ0) is 21.5. The smallest absolute Gasteiger partial charge is 0.226 e. The first kappa shape index (κ1) is 26.3. The second-order valence-electron chi connectivity index (χ2n) is 7.66. The van der Waals surface area contributed by atoms with Crippen molar-refractivity contribution in [2.24, 2.45) is 11.7 Å². The fraction of sp³-hybridized carbons (Fsp3) is 0.773. The lowest BCUT2D eigenvalue weighted by molar-refractivity contribution is -0.127. The Morgan fingerprint density at radius 3 is 2.07 bits per heavy atom. The third kappa shape index (κ3) is 11.2. The van der Waals surface area contributed by atoms with Crippen LogP contribution in [0, 0.1) is 5.92 Å². The van der Waals surface area contributed by atoms with Gasteiger partial charge in [-0.05, 0) is 19.8 Å². The molecule has 0 heterocycles. The molecule has 6 nitrogen and oxygen atoms in total.